The Bertz CT molecular complexity index is 187. The molecule has 0 aromatic carbocycles. The van der Waals surface area contributed by atoms with E-state index in [-0.39, 0.29) is 0 Å². The van der Waals surface area contributed by atoms with Crippen molar-refractivity contribution in [2.75, 3.05) is 0 Å². The summed E-state index contributed by atoms with van der Waals surface area (Å²) >= 11 is 0. The van der Waals surface area contributed by atoms with Gasteiger partial charge in [0.1, 0.15) is 0 Å². The lowest BCUT2D eigenvalue weighted by Gasteiger charge is -1.86. The Labute approximate surface area is 80.8 Å². The Hall–Kier alpha value is -1.24. The van der Waals surface area contributed by atoms with Crippen LogP contribution in [0.2, 0.25) is 0 Å². The summed E-state index contributed by atoms with van der Waals surface area (Å²) in [6, 6.07) is 0. The molecule has 13 heavy (non-hydrogen) atoms. The Morgan fingerprint density at radius 1 is 0.846 bits per heavy atom. The van der Waals surface area contributed by atoms with Gasteiger partial charge in [0.15, 0.2) is 0 Å². The molecule has 1 N–H and O–H groups in total. The molecule has 0 radical (unpaired) electrons. The standard InChI is InChI=1S/C12H18O/c1-2-3-4-5-6-7-8-9-10-11-12-13/h2,4-5,8-9,11-13H,1,3,6-7,10H2. The van der Waals surface area contributed by atoms with Crippen molar-refractivity contribution in [2.24, 2.45) is 0 Å². The topological polar surface area (TPSA) is 20.2 Å². The maximum atomic E-state index is 8.33. The molecule has 1 heteroatoms. The predicted octanol–water partition coefficient (Wildman–Crippen LogP) is 3.92. The van der Waals surface area contributed by atoms with Crippen LogP contribution in [0, 0.1) is 0 Å². The van der Waals surface area contributed by atoms with E-state index < -0.39 is 0 Å². The van der Waals surface area contributed by atoms with Crippen LogP contribution >= 0.6 is 0 Å². The lowest BCUT2D eigenvalue weighted by molar-refractivity contribution is 0.471. The van der Waals surface area contributed by atoms with Gasteiger partial charge >= 0.3 is 0 Å². The number of rotatable bonds is 7. The average Bonchev–Trinajstić information content (AvgIpc) is 2.16. The minimum atomic E-state index is 0.812. The van der Waals surface area contributed by atoms with E-state index in [2.05, 4.69) is 24.8 Å². The van der Waals surface area contributed by atoms with Gasteiger partial charge in [-0.05, 0) is 31.8 Å². The number of aliphatic hydroxyl groups is 1. The molecule has 72 valence electrons. The molecule has 0 saturated carbocycles. The van der Waals surface area contributed by atoms with Gasteiger partial charge in [-0.3, -0.25) is 0 Å². The van der Waals surface area contributed by atoms with E-state index in [4.69, 9.17) is 5.11 Å². The van der Waals surface area contributed by atoms with Gasteiger partial charge in [0, 0.05) is 0 Å². The third-order valence-corrected chi connectivity index (χ3v) is 1.51. The van der Waals surface area contributed by atoms with Crippen LogP contribution in [0.1, 0.15) is 25.7 Å². The highest BCUT2D eigenvalue weighted by Gasteiger charge is 1.76. The Kier molecular flexibility index (Phi) is 9.73. The molecule has 0 rings (SSSR count). The van der Waals surface area contributed by atoms with E-state index in [1.807, 2.05) is 12.2 Å². The number of aliphatic hydroxyl groups excluding tert-OH is 1. The summed E-state index contributed by atoms with van der Waals surface area (Å²) < 4.78 is 0. The molecule has 0 spiro atoms. The zero-order valence-corrected chi connectivity index (χ0v) is 8.02. The quantitative estimate of drug-likeness (QED) is 0.356. The van der Waals surface area contributed by atoms with E-state index in [0.29, 0.717) is 0 Å². The molecule has 0 aromatic heterocycles. The van der Waals surface area contributed by atoms with E-state index in [1.165, 1.54) is 0 Å². The van der Waals surface area contributed by atoms with Crippen molar-refractivity contribution in [2.45, 2.75) is 25.7 Å². The van der Waals surface area contributed by atoms with Gasteiger partial charge in [-0.25, -0.2) is 0 Å². The van der Waals surface area contributed by atoms with E-state index in [0.717, 1.165) is 31.9 Å². The molecule has 1 nitrogen and oxygen atoms in total. The van der Waals surface area contributed by atoms with Gasteiger partial charge in [0.2, 0.25) is 0 Å². The second kappa shape index (κ2) is 10.8. The van der Waals surface area contributed by atoms with Crippen molar-refractivity contribution in [3.05, 3.63) is 49.3 Å². The molecule has 0 aliphatic carbocycles. The first-order chi connectivity index (χ1) is 6.41. The fraction of sp³-hybridized carbons (Fsp3) is 0.333. The summed E-state index contributed by atoms with van der Waals surface area (Å²) in [6.45, 7) is 3.63. The van der Waals surface area contributed by atoms with Gasteiger partial charge < -0.3 is 5.11 Å². The zero-order chi connectivity index (χ0) is 9.78. The van der Waals surface area contributed by atoms with Crippen molar-refractivity contribution < 1.29 is 5.11 Å². The van der Waals surface area contributed by atoms with Crippen LogP contribution < -0.4 is 0 Å². The van der Waals surface area contributed by atoms with Gasteiger partial charge in [-0.15, -0.1) is 6.58 Å². The SMILES string of the molecule is C=CCC=CCCC=CCC=CO. The van der Waals surface area contributed by atoms with Crippen LogP contribution in [0.5, 0.6) is 0 Å². The first-order valence-corrected chi connectivity index (χ1v) is 4.62. The second-order valence-corrected chi connectivity index (χ2v) is 2.67. The van der Waals surface area contributed by atoms with Crippen molar-refractivity contribution >= 4 is 0 Å². The Morgan fingerprint density at radius 2 is 1.46 bits per heavy atom. The lowest BCUT2D eigenvalue weighted by atomic mass is 10.2. The predicted molar refractivity (Wildman–Crippen MR) is 58.7 cm³/mol. The van der Waals surface area contributed by atoms with Crippen molar-refractivity contribution in [3.63, 3.8) is 0 Å². The summed E-state index contributed by atoms with van der Waals surface area (Å²) in [5.41, 5.74) is 0. The van der Waals surface area contributed by atoms with Crippen molar-refractivity contribution in [1.82, 2.24) is 0 Å². The first kappa shape index (κ1) is 11.8. The van der Waals surface area contributed by atoms with Crippen LogP contribution in [0.25, 0.3) is 0 Å². The average molecular weight is 178 g/mol. The normalized spacial score (nSPS) is 12.0. The minimum absolute atomic E-state index is 0.812. The van der Waals surface area contributed by atoms with E-state index in [9.17, 15) is 0 Å². The summed E-state index contributed by atoms with van der Waals surface area (Å²) in [5, 5.41) is 8.33. The molecule has 0 unspecified atom stereocenters. The van der Waals surface area contributed by atoms with Gasteiger partial charge in [0.25, 0.3) is 0 Å². The van der Waals surface area contributed by atoms with Crippen LogP contribution in [0.4, 0.5) is 0 Å². The highest BCUT2D eigenvalue weighted by Crippen LogP contribution is 1.96. The van der Waals surface area contributed by atoms with Gasteiger partial charge in [-0.2, -0.15) is 0 Å². The number of hydrogen-bond acceptors (Lipinski definition) is 1. The summed E-state index contributed by atoms with van der Waals surface area (Å²) in [5.74, 6) is 0. The fourth-order valence-corrected chi connectivity index (χ4v) is 0.856. The van der Waals surface area contributed by atoms with Crippen molar-refractivity contribution in [3.8, 4) is 0 Å². The van der Waals surface area contributed by atoms with Crippen LogP contribution in [-0.4, -0.2) is 5.11 Å². The third-order valence-electron chi connectivity index (χ3n) is 1.51. The van der Waals surface area contributed by atoms with Crippen molar-refractivity contribution in [1.29, 1.82) is 0 Å². The fourth-order valence-electron chi connectivity index (χ4n) is 0.856. The smallest absolute Gasteiger partial charge is 0.0754 e. The maximum Gasteiger partial charge on any atom is 0.0754 e. The summed E-state index contributed by atoms with van der Waals surface area (Å²) in [4.78, 5) is 0. The number of unbranched alkanes of at least 4 members (excludes halogenated alkanes) is 1. The third kappa shape index (κ3) is 10.8. The molecule has 0 fully saturated rings. The molecule has 0 saturated heterocycles. The lowest BCUT2D eigenvalue weighted by Crippen LogP contribution is -1.65. The highest BCUT2D eigenvalue weighted by atomic mass is 16.2. The molecule has 0 atom stereocenters. The number of allylic oxidation sites excluding steroid dienone is 6. The van der Waals surface area contributed by atoms with Gasteiger partial charge in [-0.1, -0.05) is 30.4 Å². The second-order valence-electron chi connectivity index (χ2n) is 2.67. The molecular weight excluding hydrogens is 160 g/mol. The molecule has 0 bridgehead atoms. The molecule has 0 aliphatic rings. The molecular formula is C12H18O. The van der Waals surface area contributed by atoms with Crippen LogP contribution in [0.15, 0.2) is 49.3 Å². The monoisotopic (exact) mass is 178 g/mol. The summed E-state index contributed by atoms with van der Waals surface area (Å²) in [6.07, 6.45) is 17.0. The zero-order valence-electron chi connectivity index (χ0n) is 8.02. The van der Waals surface area contributed by atoms with E-state index in [1.54, 1.807) is 6.08 Å². The number of hydrogen-bond donors (Lipinski definition) is 1. The minimum Gasteiger partial charge on any atom is -0.516 e. The highest BCUT2D eigenvalue weighted by molar-refractivity contribution is 4.93. The van der Waals surface area contributed by atoms with Gasteiger partial charge in [0.05, 0.1) is 6.26 Å². The molecule has 0 heterocycles. The van der Waals surface area contributed by atoms with Crippen LogP contribution in [-0.2, 0) is 0 Å². The maximum absolute atomic E-state index is 8.33. The largest absolute Gasteiger partial charge is 0.516 e. The molecule has 0 amide bonds. The molecule has 0 aliphatic heterocycles. The first-order valence-electron chi connectivity index (χ1n) is 4.62. The van der Waals surface area contributed by atoms with Crippen LogP contribution in [0.3, 0.4) is 0 Å². The van der Waals surface area contributed by atoms with E-state index >= 15 is 0 Å². The molecule has 0 aromatic rings. The summed E-state index contributed by atoms with van der Waals surface area (Å²) in [7, 11) is 0. The Balaban J connectivity index is 3.24. The Morgan fingerprint density at radius 3 is 2.00 bits per heavy atom.